The molecule has 0 aliphatic carbocycles. The van der Waals surface area contributed by atoms with Gasteiger partial charge >= 0.3 is 0 Å². The zero-order chi connectivity index (χ0) is 70.4. The molecule has 12 heteroatoms. The van der Waals surface area contributed by atoms with Crippen LogP contribution in [-0.2, 0) is 0 Å². The number of nitrogens with zero attached hydrogens (tertiary/aromatic N) is 10. The van der Waals surface area contributed by atoms with Gasteiger partial charge in [-0.1, -0.05) is 243 Å². The van der Waals surface area contributed by atoms with Crippen molar-refractivity contribution in [1.82, 2.24) is 49.0 Å². The Morgan fingerprint density at radius 1 is 0.213 bits per heavy atom. The van der Waals surface area contributed by atoms with Crippen molar-refractivity contribution in [2.75, 3.05) is 0 Å². The molecule has 0 atom stereocenters. The standard InChI is InChI=1S/C96H52N10O2/c1-2-30-66-65(29-1)84-64(34-19-38-72(84)86-85(66)89-93(99-51-82(103-89)105-76-39-11-5-23-58(76)59-24-6-12-40-77(59)105)94-90(86)104-83(52-100-94)106-78-41-13-7-25-60(78)61-26-8-14-42-79(61)106)57-46-45-55(48-73(57)71-37-20-36-70-63-28-10-16-44-81(63)108-96(70)71)75-50-98-92-88(102-75)68-32-4-3-31-67(68)87-91(92)97-49-74(101-87)54-22-17-21-53(47-54)56-33-18-35-69-62-27-9-15-43-80(62)107-95(56)69/h1-52H. The molecule has 24 rings (SSSR count). The quantitative estimate of drug-likeness (QED) is 0.142. The van der Waals surface area contributed by atoms with E-state index in [1.807, 2.05) is 49.1 Å². The first-order valence-electron chi connectivity index (χ1n) is 36.2. The van der Waals surface area contributed by atoms with Crippen LogP contribution in [0.1, 0.15) is 0 Å². The lowest BCUT2D eigenvalue weighted by molar-refractivity contribution is 0.669. The van der Waals surface area contributed by atoms with Gasteiger partial charge in [-0.25, -0.2) is 39.9 Å². The maximum Gasteiger partial charge on any atom is 0.156 e. The molecule has 0 fully saturated rings. The lowest BCUT2D eigenvalue weighted by Crippen LogP contribution is -2.03. The smallest absolute Gasteiger partial charge is 0.156 e. The average molecular weight is 1380 g/mol. The second-order valence-corrected chi connectivity index (χ2v) is 28.0. The molecular formula is C96H52N10O2. The Morgan fingerprint density at radius 2 is 0.593 bits per heavy atom. The maximum atomic E-state index is 7.02. The van der Waals surface area contributed by atoms with Gasteiger partial charge in [-0.3, -0.25) is 9.13 Å². The Bertz CT molecular complexity index is 7980. The van der Waals surface area contributed by atoms with Crippen LogP contribution in [0.2, 0.25) is 0 Å². The molecule has 498 valence electrons. The van der Waals surface area contributed by atoms with Gasteiger partial charge in [0.2, 0.25) is 0 Å². The molecule has 0 spiro atoms. The van der Waals surface area contributed by atoms with Gasteiger partial charge in [-0.15, -0.1) is 0 Å². The van der Waals surface area contributed by atoms with Crippen molar-refractivity contribution in [3.63, 3.8) is 0 Å². The number of hydrogen-bond acceptors (Lipinski definition) is 10. The molecule has 12 nitrogen and oxygen atoms in total. The third-order valence-corrected chi connectivity index (χ3v) is 22.3. The van der Waals surface area contributed by atoms with Crippen molar-refractivity contribution >= 4 is 175 Å². The topological polar surface area (TPSA) is 139 Å². The molecule has 8 heterocycles. The van der Waals surface area contributed by atoms with E-state index in [1.54, 1.807) is 0 Å². The Kier molecular flexibility index (Phi) is 12.1. The SMILES string of the molecule is c1cc(-c2cnc3c(n2)c2ccccc2c2nc(-c4ccc(-c5cccc6c5c5ccccc5c5c7nc(-n8c9ccccc9c9ccccc98)cnc7c7ncc(-n8c9ccccc9c9ccccc98)nc7c65)c(-c5cccc6c5oc5ccccc56)c4)cnc23)cc(-c2cccc3c2oc2ccccc23)c1. The van der Waals surface area contributed by atoms with Crippen molar-refractivity contribution in [2.24, 2.45) is 0 Å². The van der Waals surface area contributed by atoms with Crippen LogP contribution in [0.25, 0.3) is 242 Å². The van der Waals surface area contributed by atoms with Gasteiger partial charge in [0.15, 0.2) is 11.6 Å². The van der Waals surface area contributed by atoms with Gasteiger partial charge in [0, 0.05) is 86.9 Å². The Labute approximate surface area is 612 Å². The van der Waals surface area contributed by atoms with Crippen molar-refractivity contribution in [2.45, 2.75) is 0 Å². The zero-order valence-electron chi connectivity index (χ0n) is 57.3. The molecular weight excluding hydrogens is 1330 g/mol. The fraction of sp³-hybridized carbons (Fsp3) is 0. The van der Waals surface area contributed by atoms with Gasteiger partial charge in [0.25, 0.3) is 0 Å². The third kappa shape index (κ3) is 8.33. The number of furan rings is 2. The summed E-state index contributed by atoms with van der Waals surface area (Å²) in [4.78, 5) is 44.2. The lowest BCUT2D eigenvalue weighted by Gasteiger charge is -2.19. The van der Waals surface area contributed by atoms with E-state index in [0.29, 0.717) is 44.9 Å². The summed E-state index contributed by atoms with van der Waals surface area (Å²) in [6.07, 6.45) is 7.54. The minimum Gasteiger partial charge on any atom is -0.455 e. The summed E-state index contributed by atoms with van der Waals surface area (Å²) < 4.78 is 18.0. The van der Waals surface area contributed by atoms with Gasteiger partial charge in [-0.05, 0) is 92.3 Å². The van der Waals surface area contributed by atoms with Crippen molar-refractivity contribution in [3.8, 4) is 67.5 Å². The number of rotatable bonds is 7. The maximum absolute atomic E-state index is 7.02. The Balaban J connectivity index is 0.731. The Hall–Kier alpha value is -14.9. The molecule has 108 heavy (non-hydrogen) atoms. The minimum absolute atomic E-state index is 0.650. The summed E-state index contributed by atoms with van der Waals surface area (Å²) >= 11 is 0. The molecule has 0 saturated heterocycles. The van der Waals surface area contributed by atoms with Crippen LogP contribution >= 0.6 is 0 Å². The minimum atomic E-state index is 0.650. The number of hydrogen-bond donors (Lipinski definition) is 0. The van der Waals surface area contributed by atoms with Crippen LogP contribution in [0.4, 0.5) is 0 Å². The van der Waals surface area contributed by atoms with Crippen LogP contribution in [0.3, 0.4) is 0 Å². The van der Waals surface area contributed by atoms with Gasteiger partial charge in [0.05, 0.1) is 69.3 Å². The van der Waals surface area contributed by atoms with Crippen LogP contribution in [-0.4, -0.2) is 49.0 Å². The van der Waals surface area contributed by atoms with Crippen molar-refractivity contribution < 1.29 is 8.83 Å². The number of fused-ring (bicyclic) bond motifs is 29. The van der Waals surface area contributed by atoms with Gasteiger partial charge in [0.1, 0.15) is 55.4 Å². The van der Waals surface area contributed by atoms with Crippen LogP contribution in [0.5, 0.6) is 0 Å². The first-order chi connectivity index (χ1) is 53.6. The highest BCUT2D eigenvalue weighted by Crippen LogP contribution is 2.50. The van der Waals surface area contributed by atoms with Crippen molar-refractivity contribution in [1.29, 1.82) is 0 Å². The number of benzene rings is 16. The molecule has 0 amide bonds. The van der Waals surface area contributed by atoms with E-state index < -0.39 is 0 Å². The van der Waals surface area contributed by atoms with Gasteiger partial charge in [-0.2, -0.15) is 0 Å². The summed E-state index contributed by atoms with van der Waals surface area (Å²) in [5.41, 5.74) is 22.2. The molecule has 0 aliphatic rings. The van der Waals surface area contributed by atoms with Gasteiger partial charge < -0.3 is 8.83 Å². The first-order valence-corrected chi connectivity index (χ1v) is 36.2. The second kappa shape index (κ2) is 22.3. The fourth-order valence-corrected chi connectivity index (χ4v) is 17.6. The molecule has 16 aromatic carbocycles. The molecule has 8 aromatic heterocycles. The average Bonchev–Trinajstić information content (AvgIpc) is 0.799. The predicted molar refractivity (Wildman–Crippen MR) is 439 cm³/mol. The second-order valence-electron chi connectivity index (χ2n) is 28.0. The molecule has 0 aliphatic heterocycles. The summed E-state index contributed by atoms with van der Waals surface area (Å²) in [5.74, 6) is 1.39. The van der Waals surface area contributed by atoms with Crippen molar-refractivity contribution in [3.05, 3.63) is 316 Å². The molecule has 0 unspecified atom stereocenters. The molecule has 24 aromatic rings. The van der Waals surface area contributed by atoms with E-state index in [-0.39, 0.29) is 0 Å². The van der Waals surface area contributed by atoms with E-state index in [1.165, 1.54) is 0 Å². The summed E-state index contributed by atoms with van der Waals surface area (Å²) in [7, 11) is 0. The number of aromatic nitrogens is 10. The number of para-hydroxylation sites is 8. The lowest BCUT2D eigenvalue weighted by atomic mass is 9.85. The highest BCUT2D eigenvalue weighted by molar-refractivity contribution is 6.39. The molecule has 0 radical (unpaired) electrons. The molecule has 0 N–H and O–H groups in total. The summed E-state index contributed by atoms with van der Waals surface area (Å²) in [6, 6.07) is 102. The largest absolute Gasteiger partial charge is 0.455 e. The predicted octanol–water partition coefficient (Wildman–Crippen LogP) is 24.4. The van der Waals surface area contributed by atoms with Crippen LogP contribution in [0.15, 0.2) is 325 Å². The Morgan fingerprint density at radius 3 is 1.13 bits per heavy atom. The normalized spacial score (nSPS) is 12.3. The summed E-state index contributed by atoms with van der Waals surface area (Å²) in [6.45, 7) is 0. The molecule has 0 saturated carbocycles. The van der Waals surface area contributed by atoms with E-state index in [2.05, 4.69) is 276 Å². The third-order valence-electron chi connectivity index (χ3n) is 22.3. The highest BCUT2D eigenvalue weighted by atomic mass is 16.3. The van der Waals surface area contributed by atoms with E-state index in [9.17, 15) is 0 Å². The van der Waals surface area contributed by atoms with E-state index >= 15 is 0 Å². The van der Waals surface area contributed by atoms with E-state index in [0.717, 1.165) is 197 Å². The zero-order valence-corrected chi connectivity index (χ0v) is 57.3. The highest BCUT2D eigenvalue weighted by Gasteiger charge is 2.27. The monoisotopic (exact) mass is 1380 g/mol. The first kappa shape index (κ1) is 58.6. The van der Waals surface area contributed by atoms with Crippen LogP contribution in [0, 0.1) is 0 Å². The fourth-order valence-electron chi connectivity index (χ4n) is 17.6. The summed E-state index contributed by atoms with van der Waals surface area (Å²) in [5, 5.41) is 16.6. The molecule has 0 bridgehead atoms. The van der Waals surface area contributed by atoms with E-state index in [4.69, 9.17) is 48.7 Å². The van der Waals surface area contributed by atoms with Crippen LogP contribution < -0.4 is 0 Å².